The van der Waals surface area contributed by atoms with Crippen LogP contribution in [0.5, 0.6) is 0 Å². The fraction of sp³-hybridized carbons (Fsp3) is 0.933. The number of halogens is 2. The molecule has 8 heteroatoms. The van der Waals surface area contributed by atoms with Crippen molar-refractivity contribution in [2.45, 2.75) is 51.5 Å². The Labute approximate surface area is 136 Å². The molecule has 0 spiro atoms. The van der Waals surface area contributed by atoms with Crippen LogP contribution in [0.2, 0.25) is 0 Å². The molecule has 23 heavy (non-hydrogen) atoms. The minimum Gasteiger partial charge on any atom is -0.341 e. The second kappa shape index (κ2) is 5.37. The van der Waals surface area contributed by atoms with Crippen LogP contribution in [0.25, 0.3) is 0 Å². The van der Waals surface area contributed by atoms with Gasteiger partial charge in [0, 0.05) is 25.0 Å². The molecule has 3 aliphatic rings. The summed E-state index contributed by atoms with van der Waals surface area (Å²) in [5.74, 6) is -3.76. The Kier molecular flexibility index (Phi) is 3.99. The fourth-order valence-corrected chi connectivity index (χ4v) is 5.86. The van der Waals surface area contributed by atoms with Gasteiger partial charge in [-0.05, 0) is 25.7 Å². The minimum atomic E-state index is -3.44. The molecule has 3 atom stereocenters. The predicted molar refractivity (Wildman–Crippen MR) is 81.5 cm³/mol. The Balaban J connectivity index is 1.71. The first-order valence-corrected chi connectivity index (χ1v) is 9.92. The first-order valence-electron chi connectivity index (χ1n) is 8.31. The SMILES string of the molecule is CCCS(=O)(=O)N1CCCC1C(=O)N1CCC2(C)C(C1)C2(F)F. The van der Waals surface area contributed by atoms with E-state index in [1.807, 2.05) is 0 Å². The molecule has 1 saturated carbocycles. The summed E-state index contributed by atoms with van der Waals surface area (Å²) >= 11 is 0. The van der Waals surface area contributed by atoms with Crippen LogP contribution in [0.15, 0.2) is 0 Å². The number of hydrogen-bond donors (Lipinski definition) is 0. The average Bonchev–Trinajstić information content (AvgIpc) is 2.86. The zero-order chi connectivity index (χ0) is 17.0. The van der Waals surface area contributed by atoms with Crippen molar-refractivity contribution < 1.29 is 22.0 Å². The lowest BCUT2D eigenvalue weighted by Crippen LogP contribution is -2.50. The molecule has 0 aromatic rings. The Bertz CT molecular complexity index is 610. The van der Waals surface area contributed by atoms with E-state index in [0.717, 1.165) is 0 Å². The number of alkyl halides is 2. The largest absolute Gasteiger partial charge is 0.341 e. The third kappa shape index (κ3) is 2.49. The Morgan fingerprint density at radius 2 is 2.00 bits per heavy atom. The summed E-state index contributed by atoms with van der Waals surface area (Å²) in [6, 6.07) is -0.705. The number of nitrogens with zero attached hydrogens (tertiary/aromatic N) is 2. The molecule has 2 heterocycles. The van der Waals surface area contributed by atoms with E-state index in [1.165, 1.54) is 9.21 Å². The van der Waals surface area contributed by atoms with Gasteiger partial charge in [0.2, 0.25) is 15.9 Å². The maximum absolute atomic E-state index is 13.8. The number of carbonyl (C=O) groups is 1. The maximum Gasteiger partial charge on any atom is 0.259 e. The van der Waals surface area contributed by atoms with Crippen LogP contribution < -0.4 is 0 Å². The summed E-state index contributed by atoms with van der Waals surface area (Å²) < 4.78 is 53.5. The van der Waals surface area contributed by atoms with Crippen molar-refractivity contribution in [2.24, 2.45) is 11.3 Å². The molecule has 5 nitrogen and oxygen atoms in total. The lowest BCUT2D eigenvalue weighted by molar-refractivity contribution is -0.136. The van der Waals surface area contributed by atoms with Gasteiger partial charge in [0.1, 0.15) is 6.04 Å². The van der Waals surface area contributed by atoms with Gasteiger partial charge >= 0.3 is 0 Å². The van der Waals surface area contributed by atoms with E-state index in [1.54, 1.807) is 13.8 Å². The van der Waals surface area contributed by atoms with Crippen molar-refractivity contribution in [3.63, 3.8) is 0 Å². The first kappa shape index (κ1) is 17.1. The molecule has 3 unspecified atom stereocenters. The van der Waals surface area contributed by atoms with Gasteiger partial charge in [-0.15, -0.1) is 0 Å². The molecule has 1 aliphatic carbocycles. The van der Waals surface area contributed by atoms with Crippen LogP contribution in [-0.4, -0.2) is 60.9 Å². The zero-order valence-electron chi connectivity index (χ0n) is 13.6. The number of amides is 1. The standard InChI is InChI=1S/C15H24F2N2O3S/c1-3-9-23(21,22)19-7-4-5-11(19)13(20)18-8-6-14(2)12(10-18)15(14,16)17/h11-12H,3-10H2,1-2H3. The van der Waals surface area contributed by atoms with Crippen molar-refractivity contribution in [3.8, 4) is 0 Å². The molecule has 2 saturated heterocycles. The van der Waals surface area contributed by atoms with E-state index >= 15 is 0 Å². The Morgan fingerprint density at radius 1 is 1.30 bits per heavy atom. The Morgan fingerprint density at radius 3 is 2.61 bits per heavy atom. The van der Waals surface area contributed by atoms with Gasteiger partial charge in [-0.25, -0.2) is 17.2 Å². The third-order valence-corrected chi connectivity index (χ3v) is 7.88. The molecular formula is C15H24F2N2O3S. The van der Waals surface area contributed by atoms with Gasteiger partial charge in [0.25, 0.3) is 5.92 Å². The second-order valence-corrected chi connectivity index (χ2v) is 9.25. The average molecular weight is 350 g/mol. The van der Waals surface area contributed by atoms with E-state index in [0.29, 0.717) is 32.4 Å². The molecule has 3 rings (SSSR count). The number of rotatable bonds is 4. The third-order valence-electron chi connectivity index (χ3n) is 5.81. The monoisotopic (exact) mass is 350 g/mol. The molecule has 132 valence electrons. The lowest BCUT2D eigenvalue weighted by Gasteiger charge is -2.33. The number of fused-ring (bicyclic) bond motifs is 1. The minimum absolute atomic E-state index is 0.0234. The summed E-state index contributed by atoms with van der Waals surface area (Å²) in [6.45, 7) is 4.04. The molecule has 0 bridgehead atoms. The van der Waals surface area contributed by atoms with Crippen molar-refractivity contribution in [1.82, 2.24) is 9.21 Å². The van der Waals surface area contributed by atoms with Crippen molar-refractivity contribution in [2.75, 3.05) is 25.4 Å². The second-order valence-electron chi connectivity index (χ2n) is 7.21. The molecule has 3 fully saturated rings. The van der Waals surface area contributed by atoms with Crippen molar-refractivity contribution in [3.05, 3.63) is 0 Å². The van der Waals surface area contributed by atoms with Crippen LogP contribution in [0.1, 0.15) is 39.5 Å². The number of piperidine rings is 1. The molecule has 0 N–H and O–H groups in total. The van der Waals surface area contributed by atoms with Crippen LogP contribution in [0, 0.1) is 11.3 Å². The van der Waals surface area contributed by atoms with E-state index in [9.17, 15) is 22.0 Å². The molecule has 0 radical (unpaired) electrons. The smallest absolute Gasteiger partial charge is 0.259 e. The molecule has 2 aliphatic heterocycles. The number of hydrogen-bond acceptors (Lipinski definition) is 3. The lowest BCUT2D eigenvalue weighted by atomic mass is 9.97. The highest BCUT2D eigenvalue weighted by Crippen LogP contribution is 2.69. The van der Waals surface area contributed by atoms with Crippen LogP contribution in [-0.2, 0) is 14.8 Å². The summed E-state index contributed by atoms with van der Waals surface area (Å²) in [6.07, 6.45) is 1.90. The highest BCUT2D eigenvalue weighted by Gasteiger charge is 2.78. The van der Waals surface area contributed by atoms with E-state index in [2.05, 4.69) is 0 Å². The topological polar surface area (TPSA) is 57.7 Å². The maximum atomic E-state index is 13.8. The summed E-state index contributed by atoms with van der Waals surface area (Å²) in [5.41, 5.74) is -0.979. The van der Waals surface area contributed by atoms with E-state index in [-0.39, 0.29) is 24.6 Å². The molecule has 0 aromatic heterocycles. The van der Waals surface area contributed by atoms with Gasteiger partial charge in [0.15, 0.2) is 0 Å². The number of likely N-dealkylation sites (tertiary alicyclic amines) is 1. The summed E-state index contributed by atoms with van der Waals surface area (Å²) in [5, 5.41) is 0. The molecule has 0 aromatic carbocycles. The normalized spacial score (nSPS) is 36.8. The summed E-state index contributed by atoms with van der Waals surface area (Å²) in [4.78, 5) is 14.2. The molecular weight excluding hydrogens is 326 g/mol. The van der Waals surface area contributed by atoms with Gasteiger partial charge in [-0.1, -0.05) is 13.8 Å². The van der Waals surface area contributed by atoms with Gasteiger partial charge in [-0.2, -0.15) is 4.31 Å². The number of sulfonamides is 1. The zero-order valence-corrected chi connectivity index (χ0v) is 14.4. The number of carbonyl (C=O) groups excluding carboxylic acids is 1. The quantitative estimate of drug-likeness (QED) is 0.775. The highest BCUT2D eigenvalue weighted by molar-refractivity contribution is 7.89. The van der Waals surface area contributed by atoms with Gasteiger partial charge in [-0.3, -0.25) is 4.79 Å². The first-order chi connectivity index (χ1) is 10.6. The van der Waals surface area contributed by atoms with Crippen LogP contribution >= 0.6 is 0 Å². The fourth-order valence-electron chi connectivity index (χ4n) is 4.12. The van der Waals surface area contributed by atoms with E-state index < -0.39 is 33.3 Å². The van der Waals surface area contributed by atoms with Crippen molar-refractivity contribution in [1.29, 1.82) is 0 Å². The Hall–Kier alpha value is -0.760. The van der Waals surface area contributed by atoms with Gasteiger partial charge < -0.3 is 4.90 Å². The molecule has 1 amide bonds. The summed E-state index contributed by atoms with van der Waals surface area (Å²) in [7, 11) is -3.44. The van der Waals surface area contributed by atoms with Crippen LogP contribution in [0.4, 0.5) is 8.78 Å². The van der Waals surface area contributed by atoms with E-state index in [4.69, 9.17) is 0 Å². The van der Waals surface area contributed by atoms with Crippen LogP contribution in [0.3, 0.4) is 0 Å². The highest BCUT2D eigenvalue weighted by atomic mass is 32.2. The van der Waals surface area contributed by atoms with Gasteiger partial charge in [0.05, 0.1) is 11.7 Å². The van der Waals surface area contributed by atoms with Crippen molar-refractivity contribution >= 4 is 15.9 Å². The predicted octanol–water partition coefficient (Wildman–Crippen LogP) is 1.69.